The molecule has 0 radical (unpaired) electrons. The van der Waals surface area contributed by atoms with Crippen molar-refractivity contribution in [3.8, 4) is 0 Å². The molecule has 132 valence electrons. The van der Waals surface area contributed by atoms with Crippen molar-refractivity contribution in [2.45, 2.75) is 6.42 Å². The first-order valence-corrected chi connectivity index (χ1v) is 10.7. The molecular formula is C24H19O2P. The van der Waals surface area contributed by atoms with Crippen molar-refractivity contribution in [3.05, 3.63) is 103 Å². The van der Waals surface area contributed by atoms with Gasteiger partial charge in [-0.25, -0.2) is 0 Å². The zero-order chi connectivity index (χ0) is 18.7. The Morgan fingerprint density at radius 3 is 1.37 bits per heavy atom. The van der Waals surface area contributed by atoms with Gasteiger partial charge in [0.15, 0.2) is 11.6 Å². The number of carbonyl (C=O) groups is 2. The lowest BCUT2D eigenvalue weighted by Crippen LogP contribution is -2.35. The molecule has 0 saturated carbocycles. The van der Waals surface area contributed by atoms with E-state index >= 15 is 0 Å². The molecule has 1 aliphatic rings. The quantitative estimate of drug-likeness (QED) is 0.664. The molecule has 0 saturated heterocycles. The van der Waals surface area contributed by atoms with E-state index in [1.54, 1.807) is 0 Å². The normalized spacial score (nSPS) is 14.4. The highest BCUT2D eigenvalue weighted by atomic mass is 31.2. The predicted octanol–water partition coefficient (Wildman–Crippen LogP) is 3.25. The number of carbonyl (C=O) groups excluding carboxylic acids is 2. The molecular weight excluding hydrogens is 351 g/mol. The maximum atomic E-state index is 13.1. The van der Waals surface area contributed by atoms with Crippen LogP contribution in [0.2, 0.25) is 0 Å². The van der Waals surface area contributed by atoms with Crippen LogP contribution in [0.5, 0.6) is 0 Å². The van der Waals surface area contributed by atoms with Crippen LogP contribution in [-0.4, -0.2) is 16.9 Å². The SMILES string of the molecule is O=C1C=CC(=O)C(=P(c2ccccc2)(c2ccccc2)c2ccccc2)C1. The summed E-state index contributed by atoms with van der Waals surface area (Å²) in [5, 5.41) is 3.98. The molecule has 3 heteroatoms. The summed E-state index contributed by atoms with van der Waals surface area (Å²) in [7, 11) is 0. The Labute approximate surface area is 159 Å². The molecule has 4 rings (SSSR count). The van der Waals surface area contributed by atoms with E-state index in [1.165, 1.54) is 12.2 Å². The number of rotatable bonds is 3. The van der Waals surface area contributed by atoms with E-state index in [4.69, 9.17) is 0 Å². The molecule has 0 aliphatic heterocycles. The molecule has 0 amide bonds. The van der Waals surface area contributed by atoms with Crippen LogP contribution in [0.1, 0.15) is 6.42 Å². The summed E-state index contributed by atoms with van der Waals surface area (Å²) >= 11 is 0. The molecule has 0 spiro atoms. The standard InChI is InChI=1S/C24H19O2P/c25-19-16-17-23(26)24(18-19)27(20-10-4-1-5-11-20,21-12-6-2-7-13-21)22-14-8-3-9-15-22/h1-17H,18H2. The molecule has 0 bridgehead atoms. The molecule has 3 aromatic rings. The van der Waals surface area contributed by atoms with Crippen molar-refractivity contribution in [2.24, 2.45) is 0 Å². The van der Waals surface area contributed by atoms with E-state index < -0.39 is 6.89 Å². The molecule has 0 unspecified atom stereocenters. The summed E-state index contributed by atoms with van der Waals surface area (Å²) < 4.78 is 0. The Morgan fingerprint density at radius 2 is 0.963 bits per heavy atom. The lowest BCUT2D eigenvalue weighted by atomic mass is 10.1. The molecule has 0 heterocycles. The molecule has 0 N–H and O–H groups in total. The van der Waals surface area contributed by atoms with Gasteiger partial charge in [-0.1, -0.05) is 91.0 Å². The first-order chi connectivity index (χ1) is 13.2. The molecule has 0 atom stereocenters. The van der Waals surface area contributed by atoms with Crippen LogP contribution >= 0.6 is 6.89 Å². The van der Waals surface area contributed by atoms with Crippen molar-refractivity contribution in [3.63, 3.8) is 0 Å². The van der Waals surface area contributed by atoms with Gasteiger partial charge >= 0.3 is 0 Å². The van der Waals surface area contributed by atoms with Crippen molar-refractivity contribution in [2.75, 3.05) is 0 Å². The molecule has 2 nitrogen and oxygen atoms in total. The average molecular weight is 370 g/mol. The summed E-state index contributed by atoms with van der Waals surface area (Å²) in [6, 6.07) is 30.4. The third kappa shape index (κ3) is 3.03. The minimum absolute atomic E-state index is 0.0169. The lowest BCUT2D eigenvalue weighted by molar-refractivity contribution is -0.115. The second-order valence-electron chi connectivity index (χ2n) is 6.46. The van der Waals surface area contributed by atoms with Crippen LogP contribution in [0.4, 0.5) is 0 Å². The summed E-state index contributed by atoms with van der Waals surface area (Å²) in [4.78, 5) is 25.4. The Bertz CT molecular complexity index is 962. The fourth-order valence-corrected chi connectivity index (χ4v) is 8.21. The summed E-state index contributed by atoms with van der Waals surface area (Å²) in [6.07, 6.45) is 3.01. The molecule has 1 aliphatic carbocycles. The van der Waals surface area contributed by atoms with Gasteiger partial charge < -0.3 is 0 Å². The fourth-order valence-electron chi connectivity index (χ4n) is 3.73. The van der Waals surface area contributed by atoms with Gasteiger partial charge in [-0.15, -0.1) is 0 Å². The Balaban J connectivity index is 2.23. The number of benzene rings is 3. The number of ketones is 2. The highest BCUT2D eigenvalue weighted by Crippen LogP contribution is 2.47. The third-order valence-corrected chi connectivity index (χ3v) is 9.29. The average Bonchev–Trinajstić information content (AvgIpc) is 2.73. The number of hydrogen-bond donors (Lipinski definition) is 0. The minimum Gasteiger partial charge on any atom is -0.294 e. The van der Waals surface area contributed by atoms with Crippen LogP contribution in [-0.2, 0) is 9.59 Å². The van der Waals surface area contributed by atoms with Gasteiger partial charge in [0.05, 0.1) is 0 Å². The minimum atomic E-state index is -2.43. The molecule has 0 aromatic heterocycles. The number of allylic oxidation sites excluding steroid dienone is 2. The first kappa shape index (κ1) is 17.5. The van der Waals surface area contributed by atoms with Gasteiger partial charge in [-0.05, 0) is 35.0 Å². The summed E-state index contributed by atoms with van der Waals surface area (Å²) in [5.74, 6) is -0.0590. The van der Waals surface area contributed by atoms with Crippen molar-refractivity contribution < 1.29 is 9.59 Å². The Kier molecular flexibility index (Phi) is 4.75. The van der Waals surface area contributed by atoms with E-state index in [0.717, 1.165) is 15.9 Å². The van der Waals surface area contributed by atoms with E-state index in [0.29, 0.717) is 5.29 Å². The predicted molar refractivity (Wildman–Crippen MR) is 114 cm³/mol. The lowest BCUT2D eigenvalue weighted by Gasteiger charge is -2.32. The van der Waals surface area contributed by atoms with Gasteiger partial charge in [0.25, 0.3) is 0 Å². The highest BCUT2D eigenvalue weighted by Gasteiger charge is 2.34. The van der Waals surface area contributed by atoms with Gasteiger partial charge in [-0.3, -0.25) is 9.59 Å². The highest BCUT2D eigenvalue weighted by molar-refractivity contribution is 7.96. The van der Waals surface area contributed by atoms with E-state index in [1.807, 2.05) is 54.6 Å². The van der Waals surface area contributed by atoms with Crippen molar-refractivity contribution in [1.29, 1.82) is 0 Å². The fraction of sp³-hybridized carbons (Fsp3) is 0.0417. The smallest absolute Gasteiger partial charge is 0.183 e. The van der Waals surface area contributed by atoms with Crippen LogP contribution < -0.4 is 15.9 Å². The van der Waals surface area contributed by atoms with E-state index in [9.17, 15) is 9.59 Å². The molecule has 3 aromatic carbocycles. The largest absolute Gasteiger partial charge is 0.294 e. The number of hydrogen-bond acceptors (Lipinski definition) is 2. The molecule has 27 heavy (non-hydrogen) atoms. The van der Waals surface area contributed by atoms with Crippen LogP contribution in [0, 0.1) is 0 Å². The Morgan fingerprint density at radius 1 is 0.556 bits per heavy atom. The zero-order valence-electron chi connectivity index (χ0n) is 14.8. The summed E-state index contributed by atoms with van der Waals surface area (Å²) in [6.45, 7) is -2.43. The van der Waals surface area contributed by atoms with Gasteiger partial charge in [0.2, 0.25) is 0 Å². The van der Waals surface area contributed by atoms with Crippen molar-refractivity contribution >= 4 is 39.7 Å². The summed E-state index contributed by atoms with van der Waals surface area (Å²) in [5.41, 5.74) is 0. The monoisotopic (exact) mass is 370 g/mol. The second-order valence-corrected chi connectivity index (χ2v) is 9.90. The van der Waals surface area contributed by atoms with Gasteiger partial charge in [0.1, 0.15) is 0 Å². The van der Waals surface area contributed by atoms with E-state index in [2.05, 4.69) is 36.4 Å². The second kappa shape index (κ2) is 7.34. The van der Waals surface area contributed by atoms with Gasteiger partial charge in [0, 0.05) is 11.7 Å². The zero-order valence-corrected chi connectivity index (χ0v) is 15.7. The van der Waals surface area contributed by atoms with E-state index in [-0.39, 0.29) is 18.0 Å². The van der Waals surface area contributed by atoms with Gasteiger partial charge in [-0.2, -0.15) is 0 Å². The van der Waals surface area contributed by atoms with Crippen LogP contribution in [0.3, 0.4) is 0 Å². The first-order valence-electron chi connectivity index (χ1n) is 8.90. The maximum Gasteiger partial charge on any atom is 0.183 e. The molecule has 0 fully saturated rings. The van der Waals surface area contributed by atoms with Crippen molar-refractivity contribution in [1.82, 2.24) is 0 Å². The third-order valence-electron chi connectivity index (χ3n) is 4.88. The van der Waals surface area contributed by atoms with Crippen LogP contribution in [0.15, 0.2) is 103 Å². The van der Waals surface area contributed by atoms with Crippen LogP contribution in [0.25, 0.3) is 0 Å². The topological polar surface area (TPSA) is 34.1 Å². The Hall–Kier alpha value is -2.96. The maximum absolute atomic E-state index is 13.1.